The summed E-state index contributed by atoms with van der Waals surface area (Å²) in [5.41, 5.74) is 6.28. The molecule has 3 heteroatoms. The summed E-state index contributed by atoms with van der Waals surface area (Å²) in [7, 11) is 0. The van der Waals surface area contributed by atoms with Crippen LogP contribution in [0.15, 0.2) is 12.1 Å². The fourth-order valence-corrected chi connectivity index (χ4v) is 3.36. The maximum atomic E-state index is 6.28. The molecule has 1 saturated carbocycles. The molecular weight excluding hydrogens is 226 g/mol. The van der Waals surface area contributed by atoms with Gasteiger partial charge >= 0.3 is 0 Å². The lowest BCUT2D eigenvalue weighted by Gasteiger charge is -2.16. The number of halogens is 1. The number of rotatable bonds is 3. The number of nitrogens with two attached hydrogens (primary N) is 1. The van der Waals surface area contributed by atoms with Crippen LogP contribution in [0, 0.1) is 5.92 Å². The van der Waals surface area contributed by atoms with E-state index in [2.05, 4.69) is 19.1 Å². The predicted molar refractivity (Wildman–Crippen MR) is 69.8 cm³/mol. The summed E-state index contributed by atoms with van der Waals surface area (Å²) in [5.74, 6) is 0.748. The smallest absolute Gasteiger partial charge is 0.0418 e. The second kappa shape index (κ2) is 5.88. The van der Waals surface area contributed by atoms with Crippen LogP contribution in [-0.4, -0.2) is 0 Å². The van der Waals surface area contributed by atoms with E-state index >= 15 is 0 Å². The van der Waals surface area contributed by atoms with Crippen molar-refractivity contribution in [2.45, 2.75) is 45.1 Å². The summed E-state index contributed by atoms with van der Waals surface area (Å²) in [6.45, 7) is 2.21. The van der Waals surface area contributed by atoms with Crippen LogP contribution in [0.3, 0.4) is 0 Å². The van der Waals surface area contributed by atoms with E-state index < -0.39 is 0 Å². The third-order valence-corrected chi connectivity index (χ3v) is 4.60. The Balaban J connectivity index is 0.00000112. The van der Waals surface area contributed by atoms with Gasteiger partial charge in [0.1, 0.15) is 0 Å². The normalized spacial score (nSPS) is 18.8. The van der Waals surface area contributed by atoms with Crippen LogP contribution in [0.4, 0.5) is 0 Å². The molecule has 1 aromatic heterocycles. The predicted octanol–water partition coefficient (Wildman–Crippen LogP) is 3.92. The van der Waals surface area contributed by atoms with Crippen LogP contribution in [0.1, 0.15) is 48.4 Å². The van der Waals surface area contributed by atoms with Crippen LogP contribution in [-0.2, 0) is 6.42 Å². The highest BCUT2D eigenvalue weighted by molar-refractivity contribution is 7.12. The first kappa shape index (κ1) is 13.0. The van der Waals surface area contributed by atoms with Crippen LogP contribution in [0.2, 0.25) is 0 Å². The molecule has 1 aliphatic rings. The number of thiophene rings is 1. The lowest BCUT2D eigenvalue weighted by atomic mass is 9.98. The molecule has 0 spiro atoms. The molecule has 0 bridgehead atoms. The van der Waals surface area contributed by atoms with E-state index in [9.17, 15) is 0 Å². The molecule has 1 atom stereocenters. The maximum absolute atomic E-state index is 6.28. The van der Waals surface area contributed by atoms with Crippen molar-refractivity contribution in [3.05, 3.63) is 21.9 Å². The van der Waals surface area contributed by atoms with Crippen LogP contribution in [0.5, 0.6) is 0 Å². The molecule has 2 rings (SSSR count). The van der Waals surface area contributed by atoms with Gasteiger partial charge in [-0.25, -0.2) is 0 Å². The molecule has 1 aliphatic carbocycles. The molecule has 1 aromatic rings. The summed E-state index contributed by atoms with van der Waals surface area (Å²) >= 11 is 1.90. The molecule has 15 heavy (non-hydrogen) atoms. The average Bonchev–Trinajstić information content (AvgIpc) is 2.88. The molecule has 0 amide bonds. The first-order valence-electron chi connectivity index (χ1n) is 5.65. The maximum Gasteiger partial charge on any atom is 0.0418 e. The summed E-state index contributed by atoms with van der Waals surface area (Å²) < 4.78 is 0. The Morgan fingerprint density at radius 3 is 2.60 bits per heavy atom. The third-order valence-electron chi connectivity index (χ3n) is 3.27. The fourth-order valence-electron chi connectivity index (χ4n) is 2.31. The van der Waals surface area contributed by atoms with Crippen molar-refractivity contribution in [3.8, 4) is 0 Å². The number of aryl methyl sites for hydroxylation is 1. The molecule has 86 valence electrons. The quantitative estimate of drug-likeness (QED) is 0.858. The van der Waals surface area contributed by atoms with Gasteiger partial charge in [0.25, 0.3) is 0 Å². The van der Waals surface area contributed by atoms with Crippen LogP contribution < -0.4 is 5.73 Å². The molecule has 1 heterocycles. The number of hydrogen-bond donors (Lipinski definition) is 1. The van der Waals surface area contributed by atoms with Gasteiger partial charge in [-0.2, -0.15) is 0 Å². The van der Waals surface area contributed by atoms with Gasteiger partial charge in [-0.15, -0.1) is 23.7 Å². The largest absolute Gasteiger partial charge is 0.323 e. The van der Waals surface area contributed by atoms with E-state index in [1.807, 2.05) is 11.3 Å². The molecular formula is C12H20ClNS. The van der Waals surface area contributed by atoms with Gasteiger partial charge in [-0.1, -0.05) is 19.8 Å². The van der Waals surface area contributed by atoms with E-state index in [1.165, 1.54) is 35.4 Å². The lowest BCUT2D eigenvalue weighted by Crippen LogP contribution is -2.17. The lowest BCUT2D eigenvalue weighted by molar-refractivity contribution is 0.450. The Hall–Kier alpha value is -0.0500. The standard InChI is InChI=1S/C12H19NS.ClH/c1-2-10-7-8-11(14-10)12(13)9-5-3-4-6-9;/h7-9,12H,2-6,13H2,1H3;1H/t12-;/m0./s1. The molecule has 1 fully saturated rings. The Morgan fingerprint density at radius 2 is 2.07 bits per heavy atom. The van der Waals surface area contributed by atoms with E-state index in [0.717, 1.165) is 12.3 Å². The van der Waals surface area contributed by atoms with Crippen molar-refractivity contribution in [2.24, 2.45) is 11.7 Å². The highest BCUT2D eigenvalue weighted by atomic mass is 35.5. The van der Waals surface area contributed by atoms with E-state index in [1.54, 1.807) is 0 Å². The molecule has 0 saturated heterocycles. The SMILES string of the molecule is CCc1ccc([C@@H](N)C2CCCC2)s1.Cl. The first-order valence-corrected chi connectivity index (χ1v) is 6.47. The zero-order valence-electron chi connectivity index (χ0n) is 9.24. The van der Waals surface area contributed by atoms with Gasteiger partial charge in [-0.05, 0) is 37.3 Å². The topological polar surface area (TPSA) is 26.0 Å². The summed E-state index contributed by atoms with van der Waals surface area (Å²) in [5, 5.41) is 0. The van der Waals surface area contributed by atoms with Gasteiger partial charge < -0.3 is 5.73 Å². The minimum Gasteiger partial charge on any atom is -0.323 e. The van der Waals surface area contributed by atoms with Crippen molar-refractivity contribution < 1.29 is 0 Å². The van der Waals surface area contributed by atoms with E-state index in [-0.39, 0.29) is 12.4 Å². The van der Waals surface area contributed by atoms with E-state index in [4.69, 9.17) is 5.73 Å². The molecule has 0 radical (unpaired) electrons. The summed E-state index contributed by atoms with van der Waals surface area (Å²) in [6.07, 6.45) is 6.57. The van der Waals surface area contributed by atoms with Gasteiger partial charge in [-0.3, -0.25) is 0 Å². The molecule has 0 unspecified atom stereocenters. The second-order valence-corrected chi connectivity index (χ2v) is 5.43. The monoisotopic (exact) mass is 245 g/mol. The molecule has 1 nitrogen and oxygen atoms in total. The van der Waals surface area contributed by atoms with Crippen molar-refractivity contribution in [2.75, 3.05) is 0 Å². The van der Waals surface area contributed by atoms with Crippen LogP contribution in [0.25, 0.3) is 0 Å². The highest BCUT2D eigenvalue weighted by Gasteiger charge is 2.23. The van der Waals surface area contributed by atoms with E-state index in [0.29, 0.717) is 6.04 Å². The zero-order chi connectivity index (χ0) is 9.97. The average molecular weight is 246 g/mol. The summed E-state index contributed by atoms with van der Waals surface area (Å²) in [6, 6.07) is 4.77. The molecule has 2 N–H and O–H groups in total. The second-order valence-electron chi connectivity index (χ2n) is 4.23. The fraction of sp³-hybridized carbons (Fsp3) is 0.667. The van der Waals surface area contributed by atoms with Crippen molar-refractivity contribution >= 4 is 23.7 Å². The van der Waals surface area contributed by atoms with Crippen LogP contribution >= 0.6 is 23.7 Å². The van der Waals surface area contributed by atoms with Crippen molar-refractivity contribution in [1.82, 2.24) is 0 Å². The third kappa shape index (κ3) is 2.96. The zero-order valence-corrected chi connectivity index (χ0v) is 10.9. The Bertz CT molecular complexity index is 292. The molecule has 0 aliphatic heterocycles. The van der Waals surface area contributed by atoms with Gasteiger partial charge in [0.2, 0.25) is 0 Å². The number of hydrogen-bond acceptors (Lipinski definition) is 2. The summed E-state index contributed by atoms with van der Waals surface area (Å²) in [4.78, 5) is 2.86. The minimum atomic E-state index is 0. The van der Waals surface area contributed by atoms with Crippen molar-refractivity contribution in [1.29, 1.82) is 0 Å². The first-order chi connectivity index (χ1) is 6.81. The molecule has 0 aromatic carbocycles. The Kier molecular flexibility index (Phi) is 5.10. The van der Waals surface area contributed by atoms with Crippen molar-refractivity contribution in [3.63, 3.8) is 0 Å². The Labute approximate surface area is 102 Å². The van der Waals surface area contributed by atoms with Gasteiger partial charge in [0.15, 0.2) is 0 Å². The van der Waals surface area contributed by atoms with Gasteiger partial charge in [0, 0.05) is 15.8 Å². The van der Waals surface area contributed by atoms with Gasteiger partial charge in [0.05, 0.1) is 0 Å². The minimum absolute atomic E-state index is 0. The Morgan fingerprint density at radius 1 is 1.40 bits per heavy atom. The highest BCUT2D eigenvalue weighted by Crippen LogP contribution is 2.36.